The van der Waals surface area contributed by atoms with Crippen LogP contribution >= 0.6 is 0 Å². The van der Waals surface area contributed by atoms with Gasteiger partial charge in [0.2, 0.25) is 0 Å². The van der Waals surface area contributed by atoms with Gasteiger partial charge in [0, 0.05) is 7.05 Å². The fraction of sp³-hybridized carbons (Fsp3) is 0.222. The van der Waals surface area contributed by atoms with E-state index in [1.807, 2.05) is 24.3 Å². The van der Waals surface area contributed by atoms with Crippen LogP contribution in [0.25, 0.3) is 0 Å². The number of rotatable bonds is 3. The maximum absolute atomic E-state index is 5.10. The fourth-order valence-corrected chi connectivity index (χ4v) is 0.871. The zero-order valence-electron chi connectivity index (χ0n) is 7.24. The van der Waals surface area contributed by atoms with E-state index >= 15 is 0 Å². The lowest BCUT2D eigenvalue weighted by atomic mass is 10.3. The van der Waals surface area contributed by atoms with E-state index in [1.54, 1.807) is 20.5 Å². The topological polar surface area (TPSA) is 33.6 Å². The largest absolute Gasteiger partial charge is 0.494 e. The molecular weight excluding hydrogens is 152 g/mol. The van der Waals surface area contributed by atoms with Crippen molar-refractivity contribution in [1.82, 2.24) is 5.32 Å². The summed E-state index contributed by atoms with van der Waals surface area (Å²) in [4.78, 5) is 4.13. The van der Waals surface area contributed by atoms with Crippen molar-refractivity contribution in [3.63, 3.8) is 0 Å². The average molecular weight is 164 g/mol. The molecule has 1 aromatic carbocycles. The van der Waals surface area contributed by atoms with Crippen LogP contribution in [0.1, 0.15) is 0 Å². The van der Waals surface area contributed by atoms with Gasteiger partial charge in [-0.1, -0.05) is 12.1 Å². The molecule has 0 saturated heterocycles. The van der Waals surface area contributed by atoms with Crippen molar-refractivity contribution < 1.29 is 4.74 Å². The first-order chi connectivity index (χ1) is 5.88. The first-order valence-electron chi connectivity index (χ1n) is 3.71. The summed E-state index contributed by atoms with van der Waals surface area (Å²) in [5.41, 5.74) is 0.828. The molecule has 0 heterocycles. The van der Waals surface area contributed by atoms with E-state index in [1.165, 1.54) is 0 Å². The molecule has 0 spiro atoms. The van der Waals surface area contributed by atoms with Gasteiger partial charge in [0.15, 0.2) is 0 Å². The van der Waals surface area contributed by atoms with Crippen LogP contribution in [-0.4, -0.2) is 20.5 Å². The van der Waals surface area contributed by atoms with E-state index in [9.17, 15) is 0 Å². The van der Waals surface area contributed by atoms with E-state index < -0.39 is 0 Å². The molecule has 1 rings (SSSR count). The average Bonchev–Trinajstić information content (AvgIpc) is 2.15. The van der Waals surface area contributed by atoms with Gasteiger partial charge in [-0.15, -0.1) is 0 Å². The van der Waals surface area contributed by atoms with E-state index in [-0.39, 0.29) is 0 Å². The number of nitrogens with zero attached hydrogens (tertiary/aromatic N) is 1. The lowest BCUT2D eigenvalue weighted by Gasteiger charge is -2.01. The second-order valence-corrected chi connectivity index (χ2v) is 2.22. The van der Waals surface area contributed by atoms with Gasteiger partial charge in [0.25, 0.3) is 0 Å². The predicted octanol–water partition coefficient (Wildman–Crippen LogP) is 1.57. The first-order valence-corrected chi connectivity index (χ1v) is 3.71. The Morgan fingerprint density at radius 3 is 2.83 bits per heavy atom. The third-order valence-corrected chi connectivity index (χ3v) is 1.42. The van der Waals surface area contributed by atoms with Gasteiger partial charge in [-0.05, 0) is 12.1 Å². The third-order valence-electron chi connectivity index (χ3n) is 1.42. The molecule has 0 amide bonds. The Kier molecular flexibility index (Phi) is 3.14. The molecule has 1 aromatic rings. The SMILES string of the molecule is CNC=Nc1ccccc1OC. The summed E-state index contributed by atoms with van der Waals surface area (Å²) < 4.78 is 5.10. The Morgan fingerprint density at radius 2 is 2.17 bits per heavy atom. The molecule has 0 aliphatic rings. The highest BCUT2D eigenvalue weighted by molar-refractivity contribution is 5.64. The molecule has 0 aliphatic heterocycles. The maximum Gasteiger partial charge on any atom is 0.144 e. The molecule has 12 heavy (non-hydrogen) atoms. The van der Waals surface area contributed by atoms with Crippen molar-refractivity contribution in [3.05, 3.63) is 24.3 Å². The molecule has 0 aliphatic carbocycles. The molecule has 0 bridgehead atoms. The minimum Gasteiger partial charge on any atom is -0.494 e. The Balaban J connectivity index is 2.89. The summed E-state index contributed by atoms with van der Waals surface area (Å²) in [6.45, 7) is 0. The Labute approximate surface area is 72.1 Å². The van der Waals surface area contributed by atoms with Crippen molar-refractivity contribution in [2.75, 3.05) is 14.2 Å². The minimum atomic E-state index is 0.781. The molecular formula is C9H12N2O. The van der Waals surface area contributed by atoms with E-state index in [2.05, 4.69) is 10.3 Å². The molecule has 0 aromatic heterocycles. The Morgan fingerprint density at radius 1 is 1.42 bits per heavy atom. The number of methoxy groups -OCH3 is 1. The van der Waals surface area contributed by atoms with Crippen LogP contribution in [0.2, 0.25) is 0 Å². The smallest absolute Gasteiger partial charge is 0.144 e. The number of hydrogen-bond acceptors (Lipinski definition) is 2. The fourth-order valence-electron chi connectivity index (χ4n) is 0.871. The van der Waals surface area contributed by atoms with Gasteiger partial charge < -0.3 is 10.1 Å². The van der Waals surface area contributed by atoms with Gasteiger partial charge in [-0.3, -0.25) is 0 Å². The minimum absolute atomic E-state index is 0.781. The van der Waals surface area contributed by atoms with Gasteiger partial charge in [-0.25, -0.2) is 4.99 Å². The summed E-state index contributed by atoms with van der Waals surface area (Å²) in [5, 5.41) is 2.82. The number of para-hydroxylation sites is 2. The summed E-state index contributed by atoms with van der Waals surface area (Å²) in [7, 11) is 3.44. The van der Waals surface area contributed by atoms with Gasteiger partial charge in [0.1, 0.15) is 11.4 Å². The van der Waals surface area contributed by atoms with Gasteiger partial charge in [0.05, 0.1) is 13.4 Å². The van der Waals surface area contributed by atoms with Crippen LogP contribution in [0.5, 0.6) is 5.75 Å². The van der Waals surface area contributed by atoms with Crippen LogP contribution in [0.3, 0.4) is 0 Å². The molecule has 3 nitrogen and oxygen atoms in total. The zero-order valence-corrected chi connectivity index (χ0v) is 7.24. The third kappa shape index (κ3) is 1.99. The molecule has 0 atom stereocenters. The van der Waals surface area contributed by atoms with Gasteiger partial charge >= 0.3 is 0 Å². The monoisotopic (exact) mass is 164 g/mol. The number of benzene rings is 1. The highest BCUT2D eigenvalue weighted by Crippen LogP contribution is 2.25. The molecule has 3 heteroatoms. The second-order valence-electron chi connectivity index (χ2n) is 2.22. The molecule has 0 radical (unpaired) electrons. The lowest BCUT2D eigenvalue weighted by Crippen LogP contribution is -1.99. The molecule has 0 fully saturated rings. The predicted molar refractivity (Wildman–Crippen MR) is 50.2 cm³/mol. The highest BCUT2D eigenvalue weighted by atomic mass is 16.5. The van der Waals surface area contributed by atoms with Crippen LogP contribution in [-0.2, 0) is 0 Å². The molecule has 1 N–H and O–H groups in total. The molecule has 0 unspecified atom stereocenters. The normalized spacial score (nSPS) is 10.2. The van der Waals surface area contributed by atoms with E-state index in [0.29, 0.717) is 0 Å². The standard InChI is InChI=1S/C9H12N2O/c1-10-7-11-8-5-3-4-6-9(8)12-2/h3-7H,1-2H3,(H,10,11). The van der Waals surface area contributed by atoms with Gasteiger partial charge in [-0.2, -0.15) is 0 Å². The molecule has 0 saturated carbocycles. The highest BCUT2D eigenvalue weighted by Gasteiger charge is 1.96. The number of hydrogen-bond donors (Lipinski definition) is 1. The van der Waals surface area contributed by atoms with Crippen molar-refractivity contribution in [2.24, 2.45) is 4.99 Å². The quantitative estimate of drug-likeness (QED) is 0.543. The zero-order chi connectivity index (χ0) is 8.81. The summed E-state index contributed by atoms with van der Waals surface area (Å²) in [5.74, 6) is 0.781. The van der Waals surface area contributed by atoms with Crippen LogP contribution in [0.4, 0.5) is 5.69 Å². The number of aliphatic imine (C=N–C) groups is 1. The maximum atomic E-state index is 5.10. The van der Waals surface area contributed by atoms with E-state index in [0.717, 1.165) is 11.4 Å². The van der Waals surface area contributed by atoms with Crippen molar-refractivity contribution >= 4 is 12.0 Å². The summed E-state index contributed by atoms with van der Waals surface area (Å²) in [6, 6.07) is 7.61. The summed E-state index contributed by atoms with van der Waals surface area (Å²) in [6.07, 6.45) is 1.62. The number of ether oxygens (including phenoxy) is 1. The second kappa shape index (κ2) is 4.38. The lowest BCUT2D eigenvalue weighted by molar-refractivity contribution is 0.416. The van der Waals surface area contributed by atoms with Crippen LogP contribution in [0.15, 0.2) is 29.3 Å². The van der Waals surface area contributed by atoms with Crippen molar-refractivity contribution in [2.45, 2.75) is 0 Å². The van der Waals surface area contributed by atoms with Crippen LogP contribution in [0, 0.1) is 0 Å². The first kappa shape index (κ1) is 8.59. The van der Waals surface area contributed by atoms with Crippen molar-refractivity contribution in [1.29, 1.82) is 0 Å². The van der Waals surface area contributed by atoms with Crippen molar-refractivity contribution in [3.8, 4) is 5.75 Å². The Bertz CT molecular complexity index is 271. The number of nitrogens with one attached hydrogen (secondary N) is 1. The summed E-state index contributed by atoms with van der Waals surface area (Å²) >= 11 is 0. The molecule has 64 valence electrons. The Hall–Kier alpha value is -1.51. The van der Waals surface area contributed by atoms with E-state index in [4.69, 9.17) is 4.74 Å². The van der Waals surface area contributed by atoms with Crippen LogP contribution < -0.4 is 10.1 Å².